The molecule has 7 nitrogen and oxygen atoms in total. The quantitative estimate of drug-likeness (QED) is 0.688. The highest BCUT2D eigenvalue weighted by atomic mass is 32.2. The summed E-state index contributed by atoms with van der Waals surface area (Å²) in [6.07, 6.45) is 0.967. The van der Waals surface area contributed by atoms with Crippen LogP contribution >= 0.6 is 0 Å². The van der Waals surface area contributed by atoms with Gasteiger partial charge in [-0.2, -0.15) is 8.42 Å². The molecular formula is C19H16O7S. The first-order chi connectivity index (χ1) is 12.8. The molecule has 3 aromatic rings. The van der Waals surface area contributed by atoms with E-state index < -0.39 is 16.2 Å². The molecule has 0 bridgehead atoms. The van der Waals surface area contributed by atoms with E-state index in [1.165, 1.54) is 18.4 Å². The van der Waals surface area contributed by atoms with Gasteiger partial charge in [-0.1, -0.05) is 17.7 Å². The molecule has 1 N–H and O–H groups in total. The molecule has 0 radical (unpaired) electrons. The van der Waals surface area contributed by atoms with E-state index in [2.05, 4.69) is 0 Å². The van der Waals surface area contributed by atoms with Crippen LogP contribution in [0.25, 0.3) is 11.0 Å². The van der Waals surface area contributed by atoms with E-state index in [1.807, 2.05) is 6.92 Å². The summed E-state index contributed by atoms with van der Waals surface area (Å²) in [5.74, 6) is 0.759. The van der Waals surface area contributed by atoms with Crippen molar-refractivity contribution in [2.45, 2.75) is 24.3 Å². The summed E-state index contributed by atoms with van der Waals surface area (Å²) in [5.41, 5.74) is 1.36. The molecule has 2 heterocycles. The number of ether oxygens (including phenoxy) is 2. The van der Waals surface area contributed by atoms with Crippen molar-refractivity contribution in [2.75, 3.05) is 6.61 Å². The van der Waals surface area contributed by atoms with Gasteiger partial charge < -0.3 is 13.9 Å². The van der Waals surface area contributed by atoms with Gasteiger partial charge in [-0.15, -0.1) is 0 Å². The first-order valence-corrected chi connectivity index (χ1v) is 9.68. The second-order valence-electron chi connectivity index (χ2n) is 6.40. The molecular weight excluding hydrogens is 372 g/mol. The molecule has 0 fully saturated rings. The molecule has 4 rings (SSSR count). The van der Waals surface area contributed by atoms with Crippen molar-refractivity contribution in [1.82, 2.24) is 0 Å². The topological polar surface area (TPSA) is 103 Å². The number of hydrogen-bond donors (Lipinski definition) is 1. The SMILES string of the molecule is Cc1ccc(S(=O)(=O)O)c(C[C@@H]2COc3ccc4c(=O)ccoc4c3O2)c1. The third-order valence-electron chi connectivity index (χ3n) is 4.40. The lowest BCUT2D eigenvalue weighted by Crippen LogP contribution is -2.31. The Morgan fingerprint density at radius 2 is 2.00 bits per heavy atom. The molecule has 0 spiro atoms. The summed E-state index contributed by atoms with van der Waals surface area (Å²) in [4.78, 5) is 11.8. The van der Waals surface area contributed by atoms with Crippen molar-refractivity contribution in [2.24, 2.45) is 0 Å². The molecule has 0 saturated carbocycles. The van der Waals surface area contributed by atoms with Crippen LogP contribution in [-0.4, -0.2) is 25.7 Å². The molecule has 27 heavy (non-hydrogen) atoms. The number of aryl methyl sites for hydroxylation is 1. The Balaban J connectivity index is 1.71. The summed E-state index contributed by atoms with van der Waals surface area (Å²) in [6.45, 7) is 2.02. The molecule has 1 aromatic heterocycles. The van der Waals surface area contributed by atoms with E-state index in [9.17, 15) is 17.8 Å². The first-order valence-electron chi connectivity index (χ1n) is 8.24. The summed E-state index contributed by atoms with van der Waals surface area (Å²) in [7, 11) is -4.36. The minimum atomic E-state index is -4.36. The van der Waals surface area contributed by atoms with E-state index in [4.69, 9.17) is 13.9 Å². The van der Waals surface area contributed by atoms with Gasteiger partial charge in [0.1, 0.15) is 12.7 Å². The zero-order valence-corrected chi connectivity index (χ0v) is 15.2. The summed E-state index contributed by atoms with van der Waals surface area (Å²) < 4.78 is 49.9. The van der Waals surface area contributed by atoms with Crippen LogP contribution < -0.4 is 14.9 Å². The van der Waals surface area contributed by atoms with Gasteiger partial charge in [0.25, 0.3) is 10.1 Å². The van der Waals surface area contributed by atoms with E-state index in [1.54, 1.807) is 24.3 Å². The van der Waals surface area contributed by atoms with Crippen LogP contribution in [0.2, 0.25) is 0 Å². The summed E-state index contributed by atoms with van der Waals surface area (Å²) in [6, 6.07) is 9.24. The summed E-state index contributed by atoms with van der Waals surface area (Å²) in [5, 5.41) is 0.370. The van der Waals surface area contributed by atoms with Gasteiger partial charge >= 0.3 is 0 Å². The molecule has 0 unspecified atom stereocenters. The fourth-order valence-electron chi connectivity index (χ4n) is 3.18. The fraction of sp³-hybridized carbons (Fsp3) is 0.211. The molecule has 140 valence electrons. The third-order valence-corrected chi connectivity index (χ3v) is 5.35. The van der Waals surface area contributed by atoms with Crippen molar-refractivity contribution < 1.29 is 26.9 Å². The lowest BCUT2D eigenvalue weighted by molar-refractivity contribution is 0.0914. The standard InChI is InChI=1S/C19H16O7S/c1-11-2-5-17(27(21,22)23)12(8-11)9-13-10-25-16-4-3-14-15(20)6-7-24-18(14)19(16)26-13/h2-8,13H,9-10H2,1H3,(H,21,22,23)/t13-/m1/s1. The fourth-order valence-corrected chi connectivity index (χ4v) is 3.90. The lowest BCUT2D eigenvalue weighted by Gasteiger charge is -2.27. The lowest BCUT2D eigenvalue weighted by atomic mass is 10.0. The third kappa shape index (κ3) is 3.29. The smallest absolute Gasteiger partial charge is 0.294 e. The van der Waals surface area contributed by atoms with Crippen molar-refractivity contribution >= 4 is 21.1 Å². The van der Waals surface area contributed by atoms with Gasteiger partial charge in [0.15, 0.2) is 16.8 Å². The highest BCUT2D eigenvalue weighted by Crippen LogP contribution is 2.38. The van der Waals surface area contributed by atoms with E-state index in [0.29, 0.717) is 22.4 Å². The maximum absolute atomic E-state index is 12.0. The summed E-state index contributed by atoms with van der Waals surface area (Å²) >= 11 is 0. The molecule has 0 saturated heterocycles. The van der Waals surface area contributed by atoms with E-state index >= 15 is 0 Å². The van der Waals surface area contributed by atoms with Crippen molar-refractivity contribution in [3.8, 4) is 11.5 Å². The zero-order valence-electron chi connectivity index (χ0n) is 14.3. The van der Waals surface area contributed by atoms with E-state index in [-0.39, 0.29) is 28.9 Å². The van der Waals surface area contributed by atoms with Crippen LogP contribution in [0.4, 0.5) is 0 Å². The first kappa shape index (κ1) is 17.6. The molecule has 1 atom stereocenters. The monoisotopic (exact) mass is 388 g/mol. The molecule has 2 aromatic carbocycles. The minimum Gasteiger partial charge on any atom is -0.486 e. The van der Waals surface area contributed by atoms with Gasteiger partial charge in [-0.3, -0.25) is 9.35 Å². The number of rotatable bonds is 3. The largest absolute Gasteiger partial charge is 0.486 e. The van der Waals surface area contributed by atoms with E-state index in [0.717, 1.165) is 5.56 Å². The van der Waals surface area contributed by atoms with Crippen LogP contribution in [0, 0.1) is 6.92 Å². The Hall–Kier alpha value is -2.84. The van der Waals surface area contributed by atoms with Gasteiger partial charge in [0.05, 0.1) is 16.5 Å². The predicted octanol–water partition coefficient (Wildman–Crippen LogP) is 2.73. The van der Waals surface area contributed by atoms with Crippen LogP contribution in [0.5, 0.6) is 11.5 Å². The molecule has 8 heteroatoms. The van der Waals surface area contributed by atoms with Crippen LogP contribution in [0.3, 0.4) is 0 Å². The molecule has 0 amide bonds. The number of fused-ring (bicyclic) bond motifs is 3. The van der Waals surface area contributed by atoms with Gasteiger partial charge in [0.2, 0.25) is 5.75 Å². The van der Waals surface area contributed by atoms with Crippen molar-refractivity contribution in [3.05, 3.63) is 64.0 Å². The minimum absolute atomic E-state index is 0.160. The second kappa shape index (κ2) is 6.40. The Bertz CT molecular complexity index is 1190. The van der Waals surface area contributed by atoms with Crippen LogP contribution in [0.15, 0.2) is 56.8 Å². The van der Waals surface area contributed by atoms with Crippen LogP contribution in [-0.2, 0) is 16.5 Å². The highest BCUT2D eigenvalue weighted by molar-refractivity contribution is 7.85. The van der Waals surface area contributed by atoms with Gasteiger partial charge in [-0.25, -0.2) is 0 Å². The maximum Gasteiger partial charge on any atom is 0.294 e. The maximum atomic E-state index is 12.0. The van der Waals surface area contributed by atoms with Crippen molar-refractivity contribution in [1.29, 1.82) is 0 Å². The normalized spacial score (nSPS) is 16.4. The Kier molecular flexibility index (Phi) is 4.16. The Morgan fingerprint density at radius 3 is 2.78 bits per heavy atom. The van der Waals surface area contributed by atoms with Crippen LogP contribution in [0.1, 0.15) is 11.1 Å². The number of hydrogen-bond acceptors (Lipinski definition) is 6. The predicted molar refractivity (Wildman–Crippen MR) is 97.1 cm³/mol. The average molecular weight is 388 g/mol. The van der Waals surface area contributed by atoms with Gasteiger partial charge in [0, 0.05) is 12.5 Å². The Morgan fingerprint density at radius 1 is 1.19 bits per heavy atom. The second-order valence-corrected chi connectivity index (χ2v) is 7.79. The highest BCUT2D eigenvalue weighted by Gasteiger charge is 2.27. The van der Waals surface area contributed by atoms with Crippen molar-refractivity contribution in [3.63, 3.8) is 0 Å². The zero-order chi connectivity index (χ0) is 19.2. The molecule has 1 aliphatic rings. The molecule has 1 aliphatic heterocycles. The average Bonchev–Trinajstić information content (AvgIpc) is 2.61. The van der Waals surface area contributed by atoms with Gasteiger partial charge in [-0.05, 0) is 30.7 Å². The number of benzene rings is 2. The Labute approximate surface area is 154 Å². The molecule has 0 aliphatic carbocycles.